The highest BCUT2D eigenvalue weighted by atomic mass is 31.2. The number of phosphoric ester groups is 1. The van der Waals surface area contributed by atoms with Crippen molar-refractivity contribution in [3.8, 4) is 0 Å². The highest BCUT2D eigenvalue weighted by molar-refractivity contribution is 7.45. The Kier molecular flexibility index (Phi) is 28.8. The van der Waals surface area contributed by atoms with Gasteiger partial charge < -0.3 is 27.9 Å². The lowest BCUT2D eigenvalue weighted by atomic mass is 10.1. The third kappa shape index (κ3) is 33.7. The smallest absolute Gasteiger partial charge is 0.306 e. The van der Waals surface area contributed by atoms with E-state index >= 15 is 0 Å². The summed E-state index contributed by atoms with van der Waals surface area (Å²) in [6.07, 6.45) is 31.5. The first-order valence-corrected chi connectivity index (χ1v) is 19.4. The summed E-state index contributed by atoms with van der Waals surface area (Å²) in [7, 11) is 1.14. The fraction of sp³-hybridized carbons (Fsp3) is 0.730. The summed E-state index contributed by atoms with van der Waals surface area (Å²) in [5.41, 5.74) is 0. The van der Waals surface area contributed by atoms with Crippen molar-refractivity contribution in [3.63, 3.8) is 0 Å². The lowest BCUT2D eigenvalue weighted by molar-refractivity contribution is -0.870. The van der Waals surface area contributed by atoms with Gasteiger partial charge in [-0.15, -0.1) is 0 Å². The summed E-state index contributed by atoms with van der Waals surface area (Å²) in [4.78, 5) is 37.1. The Morgan fingerprint density at radius 2 is 1.21 bits per heavy atom. The molecule has 0 radical (unpaired) electrons. The summed E-state index contributed by atoms with van der Waals surface area (Å²) in [6, 6.07) is 0. The number of unbranched alkanes of at least 4 members (excludes halogenated alkanes) is 12. The standard InChI is InChI=1S/C37H66NO8P/c1-6-8-10-12-14-16-17-18-19-20-21-22-24-26-28-30-37(40)46-35(34-45-47(41,42)44-32-31-38(3,4)5)33-43-36(39)29-27-25-23-15-13-11-9-7-2/h8,10,12,14,16-19,35H,6-7,9,11,13,15,20-34H2,1-5H3/b10-8+,14-12+,17-16+,19-18+/t35-/m1/s1. The minimum atomic E-state index is -4.62. The van der Waals surface area contributed by atoms with Gasteiger partial charge in [0.15, 0.2) is 6.10 Å². The fourth-order valence-electron chi connectivity index (χ4n) is 4.37. The van der Waals surface area contributed by atoms with Gasteiger partial charge in [0.1, 0.15) is 19.8 Å². The van der Waals surface area contributed by atoms with Gasteiger partial charge in [0.25, 0.3) is 7.82 Å². The van der Waals surface area contributed by atoms with E-state index in [-0.39, 0.29) is 26.1 Å². The van der Waals surface area contributed by atoms with Crippen molar-refractivity contribution in [2.24, 2.45) is 0 Å². The van der Waals surface area contributed by atoms with Crippen molar-refractivity contribution >= 4 is 19.8 Å². The molecule has 0 aliphatic rings. The normalized spacial score (nSPS) is 14.4. The van der Waals surface area contributed by atoms with Gasteiger partial charge in [0.05, 0.1) is 27.7 Å². The van der Waals surface area contributed by atoms with Crippen molar-refractivity contribution in [3.05, 3.63) is 48.6 Å². The second-order valence-corrected chi connectivity index (χ2v) is 14.4. The van der Waals surface area contributed by atoms with E-state index in [4.69, 9.17) is 18.5 Å². The average Bonchev–Trinajstić information content (AvgIpc) is 3.01. The van der Waals surface area contributed by atoms with Crippen LogP contribution in [0.5, 0.6) is 0 Å². The molecule has 0 aromatic heterocycles. The number of carbonyl (C=O) groups is 2. The van der Waals surface area contributed by atoms with Crippen LogP contribution < -0.4 is 4.89 Å². The van der Waals surface area contributed by atoms with Crippen LogP contribution in [0, 0.1) is 0 Å². The summed E-state index contributed by atoms with van der Waals surface area (Å²) in [5.74, 6) is -0.873. The number of hydrogen-bond donors (Lipinski definition) is 0. The van der Waals surface area contributed by atoms with Crippen LogP contribution in [-0.4, -0.2) is 70.0 Å². The van der Waals surface area contributed by atoms with Crippen molar-refractivity contribution < 1.29 is 42.1 Å². The molecule has 0 amide bonds. The van der Waals surface area contributed by atoms with Gasteiger partial charge in [-0.05, 0) is 32.1 Å². The quantitative estimate of drug-likeness (QED) is 0.0235. The molecular weight excluding hydrogens is 617 g/mol. The van der Waals surface area contributed by atoms with Crippen LogP contribution in [-0.2, 0) is 32.7 Å². The molecule has 2 atom stereocenters. The van der Waals surface area contributed by atoms with Crippen LogP contribution in [0.2, 0.25) is 0 Å². The Morgan fingerprint density at radius 1 is 0.681 bits per heavy atom. The molecule has 0 aromatic carbocycles. The number of phosphoric acid groups is 1. The number of likely N-dealkylation sites (N-methyl/N-ethyl adjacent to an activating group) is 1. The van der Waals surface area contributed by atoms with Crippen LogP contribution in [0.25, 0.3) is 0 Å². The molecule has 0 fully saturated rings. The average molecular weight is 684 g/mol. The third-order valence-electron chi connectivity index (χ3n) is 7.21. The van der Waals surface area contributed by atoms with Gasteiger partial charge in [-0.25, -0.2) is 0 Å². The first-order chi connectivity index (χ1) is 22.5. The molecule has 0 N–H and O–H groups in total. The van der Waals surface area contributed by atoms with Crippen molar-refractivity contribution in [2.45, 2.75) is 129 Å². The third-order valence-corrected chi connectivity index (χ3v) is 8.17. The van der Waals surface area contributed by atoms with E-state index < -0.39 is 32.5 Å². The molecule has 0 saturated carbocycles. The molecule has 0 rings (SSSR count). The molecule has 47 heavy (non-hydrogen) atoms. The van der Waals surface area contributed by atoms with E-state index in [1.54, 1.807) is 0 Å². The van der Waals surface area contributed by atoms with Gasteiger partial charge in [0, 0.05) is 12.8 Å². The first kappa shape index (κ1) is 45.0. The van der Waals surface area contributed by atoms with E-state index in [9.17, 15) is 19.0 Å². The Hall–Kier alpha value is -2.03. The zero-order valence-electron chi connectivity index (χ0n) is 30.2. The molecule has 0 aliphatic heterocycles. The predicted octanol–water partition coefficient (Wildman–Crippen LogP) is 8.55. The summed E-state index contributed by atoms with van der Waals surface area (Å²) >= 11 is 0. The molecule has 10 heteroatoms. The molecule has 0 bridgehead atoms. The minimum Gasteiger partial charge on any atom is -0.756 e. The van der Waals surface area contributed by atoms with Crippen molar-refractivity contribution in [2.75, 3.05) is 47.5 Å². The summed E-state index contributed by atoms with van der Waals surface area (Å²) < 4.78 is 33.6. The largest absolute Gasteiger partial charge is 0.756 e. The van der Waals surface area contributed by atoms with Crippen molar-refractivity contribution in [1.29, 1.82) is 0 Å². The number of esters is 2. The van der Waals surface area contributed by atoms with E-state index in [2.05, 4.69) is 32.1 Å². The maximum atomic E-state index is 12.6. The van der Waals surface area contributed by atoms with E-state index in [1.807, 2.05) is 51.5 Å². The van der Waals surface area contributed by atoms with Crippen LogP contribution in [0.15, 0.2) is 48.6 Å². The highest BCUT2D eigenvalue weighted by Gasteiger charge is 2.21. The lowest BCUT2D eigenvalue weighted by Gasteiger charge is -2.28. The Balaban J connectivity index is 4.51. The van der Waals surface area contributed by atoms with Crippen LogP contribution >= 0.6 is 7.82 Å². The SMILES string of the molecule is CC/C=C/C=C/C=C/C=C/CCCCCCCC(=O)O[C@H](COC(=O)CCCCCCCCCC)COP(=O)([O-])OCC[N+](C)(C)C. The zero-order valence-corrected chi connectivity index (χ0v) is 31.1. The molecule has 0 heterocycles. The molecule has 0 aromatic rings. The number of hydrogen-bond acceptors (Lipinski definition) is 8. The van der Waals surface area contributed by atoms with E-state index in [0.29, 0.717) is 17.4 Å². The van der Waals surface area contributed by atoms with Crippen molar-refractivity contribution in [1.82, 2.24) is 0 Å². The number of nitrogens with zero attached hydrogens (tertiary/aromatic N) is 1. The monoisotopic (exact) mass is 683 g/mol. The second-order valence-electron chi connectivity index (χ2n) is 13.0. The molecular formula is C37H66NO8P. The minimum absolute atomic E-state index is 0.0372. The Bertz CT molecular complexity index is 954. The maximum Gasteiger partial charge on any atom is 0.306 e. The summed E-state index contributed by atoms with van der Waals surface area (Å²) in [6.45, 7) is 3.99. The highest BCUT2D eigenvalue weighted by Crippen LogP contribution is 2.38. The molecule has 0 spiro atoms. The van der Waals surface area contributed by atoms with E-state index in [0.717, 1.165) is 57.8 Å². The molecule has 9 nitrogen and oxygen atoms in total. The van der Waals surface area contributed by atoms with Crippen LogP contribution in [0.3, 0.4) is 0 Å². The van der Waals surface area contributed by atoms with Crippen LogP contribution in [0.4, 0.5) is 0 Å². The number of rotatable bonds is 31. The predicted molar refractivity (Wildman–Crippen MR) is 190 cm³/mol. The molecule has 0 saturated heterocycles. The summed E-state index contributed by atoms with van der Waals surface area (Å²) in [5, 5.41) is 0. The van der Waals surface area contributed by atoms with Crippen LogP contribution in [0.1, 0.15) is 123 Å². The molecule has 0 aliphatic carbocycles. The second kappa shape index (κ2) is 30.1. The first-order valence-electron chi connectivity index (χ1n) is 17.9. The number of ether oxygens (including phenoxy) is 2. The maximum absolute atomic E-state index is 12.6. The number of carbonyl (C=O) groups excluding carboxylic acids is 2. The molecule has 272 valence electrons. The number of allylic oxidation sites excluding steroid dienone is 8. The van der Waals surface area contributed by atoms with Gasteiger partial charge in [0.2, 0.25) is 0 Å². The molecule has 1 unspecified atom stereocenters. The van der Waals surface area contributed by atoms with Gasteiger partial charge in [-0.2, -0.15) is 0 Å². The Labute approximate surface area is 286 Å². The van der Waals surface area contributed by atoms with Gasteiger partial charge >= 0.3 is 11.9 Å². The fourth-order valence-corrected chi connectivity index (χ4v) is 5.10. The Morgan fingerprint density at radius 3 is 1.81 bits per heavy atom. The topological polar surface area (TPSA) is 111 Å². The van der Waals surface area contributed by atoms with Gasteiger partial charge in [-0.1, -0.05) is 127 Å². The van der Waals surface area contributed by atoms with E-state index in [1.165, 1.54) is 32.1 Å². The van der Waals surface area contributed by atoms with Gasteiger partial charge in [-0.3, -0.25) is 14.2 Å². The zero-order chi connectivity index (χ0) is 35.1. The lowest BCUT2D eigenvalue weighted by Crippen LogP contribution is -2.37. The number of quaternary nitrogens is 1.